The van der Waals surface area contributed by atoms with Gasteiger partial charge in [0.2, 0.25) is 0 Å². The first-order valence-corrected chi connectivity index (χ1v) is 16.6. The maximum Gasteiger partial charge on any atom is 0.186 e. The number of aliphatic hydroxyl groups is 5. The fourth-order valence-electron chi connectivity index (χ4n) is 11.1. The fourth-order valence-corrected chi connectivity index (χ4v) is 11.1. The average Bonchev–Trinajstić information content (AvgIpc) is 3.36. The van der Waals surface area contributed by atoms with E-state index in [-0.39, 0.29) is 40.8 Å². The van der Waals surface area contributed by atoms with Crippen LogP contribution in [0.25, 0.3) is 0 Å². The average molecular weight is 593 g/mol. The van der Waals surface area contributed by atoms with Gasteiger partial charge in [-0.2, -0.15) is 0 Å². The van der Waals surface area contributed by atoms with E-state index in [1.807, 2.05) is 0 Å². The van der Waals surface area contributed by atoms with Crippen molar-refractivity contribution in [1.82, 2.24) is 0 Å². The molecule has 3 heterocycles. The van der Waals surface area contributed by atoms with E-state index in [1.54, 1.807) is 0 Å². The van der Waals surface area contributed by atoms with Crippen molar-refractivity contribution in [1.29, 1.82) is 0 Å². The van der Waals surface area contributed by atoms with Gasteiger partial charge in [0.15, 0.2) is 12.1 Å². The number of fused-ring (bicyclic) bond motifs is 7. The van der Waals surface area contributed by atoms with Crippen LogP contribution in [-0.4, -0.2) is 93.0 Å². The third kappa shape index (κ3) is 4.07. The standard InChI is InChI=1S/C33H52O9/c1-17-7-12-33(39-16-17)18(2)25-23(42-33)14-32(38)22-6-5-19-13-20(8-10-30(19,3)21(22)9-11-31(25,32)4)40-29-28(37)27(36)26(35)24(15-34)41-29/h5,17-18,20-29,34-38H,6-16H2,1-4H3/t17?,18-,20?,21-,22+,23-,24+,25-,26+,27-,28+,29+,30-,31+,32+,33+/m0/s1. The molecule has 0 amide bonds. The van der Waals surface area contributed by atoms with E-state index >= 15 is 0 Å². The zero-order chi connectivity index (χ0) is 29.8. The van der Waals surface area contributed by atoms with Gasteiger partial charge in [0, 0.05) is 30.1 Å². The van der Waals surface area contributed by atoms with Crippen LogP contribution >= 0.6 is 0 Å². The second kappa shape index (κ2) is 10.2. The maximum absolute atomic E-state index is 12.7. The molecule has 16 atom stereocenters. The SMILES string of the molecule is CC1CC[C@@]2(OC1)O[C@H]1C[C@@]3(O)[C@@H]4CC=C5CC(O[C@@H]6O[C@H](CO)[C@@H](O)[C@H](O)[C@H]6O)CC[C@]5(C)[C@H]4CC[C@]3(C)[C@H]1[C@@H]2C. The summed E-state index contributed by atoms with van der Waals surface area (Å²) >= 11 is 0. The molecule has 7 aliphatic rings. The van der Waals surface area contributed by atoms with Gasteiger partial charge < -0.3 is 44.5 Å². The highest BCUT2D eigenvalue weighted by Gasteiger charge is 2.74. The van der Waals surface area contributed by atoms with Crippen LogP contribution < -0.4 is 0 Å². The summed E-state index contributed by atoms with van der Waals surface area (Å²) < 4.78 is 25.1. The predicted molar refractivity (Wildman–Crippen MR) is 152 cm³/mol. The van der Waals surface area contributed by atoms with Crippen molar-refractivity contribution in [2.75, 3.05) is 13.2 Å². The Labute approximate surface area is 249 Å². The lowest BCUT2D eigenvalue weighted by molar-refractivity contribution is -0.313. The molecule has 0 aromatic rings. The monoisotopic (exact) mass is 592 g/mol. The molecule has 5 N–H and O–H groups in total. The molecule has 3 aliphatic heterocycles. The van der Waals surface area contributed by atoms with Crippen LogP contribution in [0.2, 0.25) is 0 Å². The smallest absolute Gasteiger partial charge is 0.186 e. The third-order valence-corrected chi connectivity index (χ3v) is 13.7. The summed E-state index contributed by atoms with van der Waals surface area (Å²) in [5, 5.41) is 53.1. The highest BCUT2D eigenvalue weighted by Crippen LogP contribution is 2.72. The lowest BCUT2D eigenvalue weighted by Crippen LogP contribution is -2.62. The molecule has 7 rings (SSSR count). The summed E-state index contributed by atoms with van der Waals surface area (Å²) in [6, 6.07) is 0. The molecule has 3 saturated heterocycles. The molecule has 0 bridgehead atoms. The number of ether oxygens (including phenoxy) is 4. The summed E-state index contributed by atoms with van der Waals surface area (Å²) in [4.78, 5) is 0. The minimum atomic E-state index is -1.44. The van der Waals surface area contributed by atoms with Gasteiger partial charge in [-0.15, -0.1) is 0 Å². The molecular formula is C33H52O9. The van der Waals surface area contributed by atoms with Crippen molar-refractivity contribution in [2.45, 2.75) is 140 Å². The molecule has 0 aromatic heterocycles. The minimum absolute atomic E-state index is 0.0306. The highest BCUT2D eigenvalue weighted by molar-refractivity contribution is 5.29. The molecule has 2 unspecified atom stereocenters. The molecule has 9 heteroatoms. The van der Waals surface area contributed by atoms with Crippen molar-refractivity contribution >= 4 is 0 Å². The second-order valence-corrected chi connectivity index (χ2v) is 15.6. The van der Waals surface area contributed by atoms with Crippen LogP contribution in [-0.2, 0) is 18.9 Å². The van der Waals surface area contributed by atoms with E-state index in [4.69, 9.17) is 18.9 Å². The molecule has 6 fully saturated rings. The first-order chi connectivity index (χ1) is 19.9. The number of allylic oxidation sites excluding steroid dienone is 1. The Bertz CT molecular complexity index is 1070. The Hall–Kier alpha value is -0.620. The van der Waals surface area contributed by atoms with E-state index in [2.05, 4.69) is 33.8 Å². The lowest BCUT2D eigenvalue weighted by atomic mass is 9.45. The predicted octanol–water partition coefficient (Wildman–Crippen LogP) is 2.65. The van der Waals surface area contributed by atoms with Crippen molar-refractivity contribution in [3.05, 3.63) is 11.6 Å². The molecule has 1 spiro atoms. The molecule has 3 saturated carbocycles. The Kier molecular flexibility index (Phi) is 7.29. The fraction of sp³-hybridized carbons (Fsp3) is 0.939. The maximum atomic E-state index is 12.7. The largest absolute Gasteiger partial charge is 0.394 e. The van der Waals surface area contributed by atoms with Crippen LogP contribution in [0.1, 0.15) is 85.5 Å². The molecule has 4 aliphatic carbocycles. The van der Waals surface area contributed by atoms with Gasteiger partial charge in [-0.1, -0.05) is 39.3 Å². The number of aliphatic hydroxyl groups excluding tert-OH is 4. The van der Waals surface area contributed by atoms with Gasteiger partial charge >= 0.3 is 0 Å². The molecule has 238 valence electrons. The van der Waals surface area contributed by atoms with Gasteiger partial charge in [-0.25, -0.2) is 0 Å². The molecule has 42 heavy (non-hydrogen) atoms. The van der Waals surface area contributed by atoms with E-state index in [0.29, 0.717) is 24.7 Å². The Morgan fingerprint density at radius 3 is 2.48 bits per heavy atom. The van der Waals surface area contributed by atoms with E-state index in [0.717, 1.165) is 51.6 Å². The first-order valence-electron chi connectivity index (χ1n) is 16.6. The van der Waals surface area contributed by atoms with E-state index in [9.17, 15) is 25.5 Å². The third-order valence-electron chi connectivity index (χ3n) is 13.7. The number of rotatable bonds is 3. The van der Waals surface area contributed by atoms with Gasteiger partial charge in [-0.3, -0.25) is 0 Å². The molecular weight excluding hydrogens is 540 g/mol. The first kappa shape index (κ1) is 30.1. The number of hydrogen-bond donors (Lipinski definition) is 5. The number of hydrogen-bond acceptors (Lipinski definition) is 9. The minimum Gasteiger partial charge on any atom is -0.394 e. The summed E-state index contributed by atoms with van der Waals surface area (Å²) in [6.07, 6.45) is 3.90. The topological polar surface area (TPSA) is 138 Å². The second-order valence-electron chi connectivity index (χ2n) is 15.6. The van der Waals surface area contributed by atoms with E-state index < -0.39 is 48.7 Å². The van der Waals surface area contributed by atoms with Crippen LogP contribution in [0.15, 0.2) is 11.6 Å². The van der Waals surface area contributed by atoms with E-state index in [1.165, 1.54) is 5.57 Å². The van der Waals surface area contributed by atoms with Crippen LogP contribution in [0.4, 0.5) is 0 Å². The van der Waals surface area contributed by atoms with Gasteiger partial charge in [0.1, 0.15) is 24.4 Å². The normalized spacial score (nSPS) is 59.0. The molecule has 9 nitrogen and oxygen atoms in total. The quantitative estimate of drug-likeness (QED) is 0.313. The highest BCUT2D eigenvalue weighted by atomic mass is 16.7. The Morgan fingerprint density at radius 1 is 0.976 bits per heavy atom. The Morgan fingerprint density at radius 2 is 1.76 bits per heavy atom. The zero-order valence-corrected chi connectivity index (χ0v) is 25.7. The Balaban J connectivity index is 1.08. The van der Waals surface area contributed by atoms with Gasteiger partial charge in [0.05, 0.1) is 31.0 Å². The molecule has 0 aromatic carbocycles. The zero-order valence-electron chi connectivity index (χ0n) is 25.7. The van der Waals surface area contributed by atoms with Crippen molar-refractivity contribution in [3.8, 4) is 0 Å². The van der Waals surface area contributed by atoms with Crippen molar-refractivity contribution < 1.29 is 44.5 Å². The van der Waals surface area contributed by atoms with Crippen LogP contribution in [0, 0.1) is 40.4 Å². The molecule has 0 radical (unpaired) electrons. The summed E-state index contributed by atoms with van der Waals surface area (Å²) in [5.74, 6) is 1.17. The van der Waals surface area contributed by atoms with Crippen LogP contribution in [0.5, 0.6) is 0 Å². The summed E-state index contributed by atoms with van der Waals surface area (Å²) in [6.45, 7) is 9.54. The van der Waals surface area contributed by atoms with Crippen LogP contribution in [0.3, 0.4) is 0 Å². The summed E-state index contributed by atoms with van der Waals surface area (Å²) in [7, 11) is 0. The van der Waals surface area contributed by atoms with Crippen molar-refractivity contribution in [2.24, 2.45) is 40.4 Å². The lowest BCUT2D eigenvalue weighted by Gasteiger charge is -2.62. The van der Waals surface area contributed by atoms with Gasteiger partial charge in [-0.05, 0) is 68.1 Å². The van der Waals surface area contributed by atoms with Gasteiger partial charge in [0.25, 0.3) is 0 Å². The summed E-state index contributed by atoms with van der Waals surface area (Å²) in [5.41, 5.74) is 0.323. The van der Waals surface area contributed by atoms with Crippen molar-refractivity contribution in [3.63, 3.8) is 0 Å².